The Hall–Kier alpha value is -0.243. The summed E-state index contributed by atoms with van der Waals surface area (Å²) < 4.78 is 33.1. The van der Waals surface area contributed by atoms with Gasteiger partial charge in [0, 0.05) is 0 Å². The SMILES string of the molecule is CC(C)(C)c1cc(CN2CCOCCOCCOCCOCC2)c([O][Ge][N]([Si](C)(C)C)[Si](C)(C)C)c(C(C)(C)C)c1. The molecular weight excluding hydrogens is 609 g/mol. The van der Waals surface area contributed by atoms with Crippen LogP contribution in [0.5, 0.6) is 5.75 Å². The van der Waals surface area contributed by atoms with E-state index in [1.807, 2.05) is 0 Å². The zero-order valence-corrected chi connectivity index (χ0v) is 32.5. The Bertz CT molecular complexity index is 893. The van der Waals surface area contributed by atoms with Gasteiger partial charge >= 0.3 is 262 Å². The van der Waals surface area contributed by atoms with Gasteiger partial charge in [-0.3, -0.25) is 0 Å². The Morgan fingerprint density at radius 3 is 1.54 bits per heavy atom. The van der Waals surface area contributed by atoms with E-state index >= 15 is 0 Å². The van der Waals surface area contributed by atoms with Gasteiger partial charge in [-0.2, -0.15) is 0 Å². The topological polar surface area (TPSA) is 52.6 Å². The molecule has 1 saturated heterocycles. The van der Waals surface area contributed by atoms with Crippen LogP contribution < -0.4 is 3.76 Å². The second-order valence-electron chi connectivity index (χ2n) is 15.1. The molecule has 0 atom stereocenters. The van der Waals surface area contributed by atoms with E-state index in [2.05, 4.69) is 101 Å². The van der Waals surface area contributed by atoms with Gasteiger partial charge < -0.3 is 0 Å². The number of hydrogen-bond acceptors (Lipinski definition) is 7. The zero-order chi connectivity index (χ0) is 30.9. The minimum atomic E-state index is -1.52. The number of benzene rings is 1. The molecule has 1 fully saturated rings. The minimum absolute atomic E-state index is 0.0373. The van der Waals surface area contributed by atoms with Crippen LogP contribution in [0.25, 0.3) is 0 Å². The Kier molecular flexibility index (Phi) is 14.6. The molecule has 1 aliphatic rings. The third-order valence-electron chi connectivity index (χ3n) is 7.03. The van der Waals surface area contributed by atoms with Gasteiger partial charge in [0.05, 0.1) is 0 Å². The summed E-state index contributed by atoms with van der Waals surface area (Å²) in [6.45, 7) is 36.0. The molecule has 7 nitrogen and oxygen atoms in total. The summed E-state index contributed by atoms with van der Waals surface area (Å²) in [5, 5.41) is 0. The molecule has 0 spiro atoms. The van der Waals surface area contributed by atoms with Gasteiger partial charge in [0.15, 0.2) is 0 Å². The Balaban J connectivity index is 2.47. The standard InChI is InChI=1S/C31H60GeN2O5Si2/c1-30(2,3)27-23-26(25-33-13-15-35-17-19-37-21-22-38-20-18-36-16-14-33)29(28(24-27)31(4,5)6)39-32-34(40(7,8)9)41(10,11)12/h23-24H,13-22,25H2,1-12H3. The molecule has 0 aliphatic carbocycles. The fourth-order valence-electron chi connectivity index (χ4n) is 4.95. The van der Waals surface area contributed by atoms with Crippen LogP contribution in [0.15, 0.2) is 12.1 Å². The molecule has 0 aromatic heterocycles. The first kappa shape index (κ1) is 36.9. The van der Waals surface area contributed by atoms with Crippen molar-refractivity contribution in [3.63, 3.8) is 0 Å². The first-order chi connectivity index (χ1) is 18.9. The zero-order valence-electron chi connectivity index (χ0n) is 28.4. The van der Waals surface area contributed by atoms with Crippen LogP contribution in [0, 0.1) is 0 Å². The van der Waals surface area contributed by atoms with Crippen LogP contribution in [0.2, 0.25) is 39.3 Å². The van der Waals surface area contributed by atoms with Crippen molar-refractivity contribution < 1.29 is 22.7 Å². The van der Waals surface area contributed by atoms with E-state index in [0.717, 1.165) is 25.4 Å². The van der Waals surface area contributed by atoms with Crippen LogP contribution in [0.1, 0.15) is 58.2 Å². The molecule has 1 aromatic carbocycles. The Morgan fingerprint density at radius 1 is 0.707 bits per heavy atom. The summed E-state index contributed by atoms with van der Waals surface area (Å²) in [6, 6.07) is 4.82. The molecule has 1 heterocycles. The maximum atomic E-state index is 7.10. The van der Waals surface area contributed by atoms with Crippen molar-refractivity contribution >= 4 is 32.5 Å². The summed E-state index contributed by atoms with van der Waals surface area (Å²) in [4.78, 5) is 2.46. The molecule has 41 heavy (non-hydrogen) atoms. The maximum absolute atomic E-state index is 7.10. The second-order valence-corrected chi connectivity index (χ2v) is 28.8. The van der Waals surface area contributed by atoms with Crippen LogP contribution >= 0.6 is 0 Å². The van der Waals surface area contributed by atoms with E-state index < -0.39 is 32.5 Å². The predicted molar refractivity (Wildman–Crippen MR) is 177 cm³/mol. The third-order valence-corrected chi connectivity index (χ3v) is 24.1. The molecule has 2 radical (unpaired) electrons. The summed E-state index contributed by atoms with van der Waals surface area (Å²) in [5.41, 5.74) is 3.95. The average Bonchev–Trinajstić information content (AvgIpc) is 2.82. The monoisotopic (exact) mass is 670 g/mol. The third kappa shape index (κ3) is 13.1. The van der Waals surface area contributed by atoms with Gasteiger partial charge in [-0.1, -0.05) is 0 Å². The van der Waals surface area contributed by atoms with E-state index in [0.29, 0.717) is 52.9 Å². The van der Waals surface area contributed by atoms with E-state index in [4.69, 9.17) is 22.7 Å². The summed E-state index contributed by atoms with van der Waals surface area (Å²) in [5.74, 6) is 1.10. The van der Waals surface area contributed by atoms with Gasteiger partial charge in [-0.25, -0.2) is 0 Å². The number of nitrogens with zero attached hydrogens (tertiary/aromatic N) is 2. The number of hydrogen-bond donors (Lipinski definition) is 0. The molecule has 0 N–H and O–H groups in total. The summed E-state index contributed by atoms with van der Waals surface area (Å²) >= 11 is -0.788. The molecule has 1 aromatic rings. The van der Waals surface area contributed by atoms with Gasteiger partial charge in [0.1, 0.15) is 0 Å². The fourth-order valence-corrected chi connectivity index (χ4v) is 18.4. The summed E-state index contributed by atoms with van der Waals surface area (Å²) in [7, 11) is -3.04. The van der Waals surface area contributed by atoms with Gasteiger partial charge in [-0.15, -0.1) is 0 Å². The average molecular weight is 670 g/mol. The van der Waals surface area contributed by atoms with E-state index in [1.54, 1.807) is 0 Å². The number of rotatable bonds is 7. The van der Waals surface area contributed by atoms with Crippen molar-refractivity contribution in [3.8, 4) is 5.75 Å². The molecule has 0 unspecified atom stereocenters. The molecule has 10 heteroatoms. The molecule has 0 amide bonds. The Morgan fingerprint density at radius 2 is 1.15 bits per heavy atom. The van der Waals surface area contributed by atoms with Crippen molar-refractivity contribution in [3.05, 3.63) is 28.8 Å². The molecule has 0 bridgehead atoms. The van der Waals surface area contributed by atoms with Crippen molar-refractivity contribution in [2.24, 2.45) is 0 Å². The normalized spacial score (nSPS) is 18.7. The number of ether oxygens (including phenoxy) is 4. The van der Waals surface area contributed by atoms with Crippen LogP contribution in [0.4, 0.5) is 0 Å². The molecule has 236 valence electrons. The molecule has 2 rings (SSSR count). The van der Waals surface area contributed by atoms with E-state index in [-0.39, 0.29) is 10.8 Å². The predicted octanol–water partition coefficient (Wildman–Crippen LogP) is 6.05. The van der Waals surface area contributed by atoms with Crippen molar-refractivity contribution in [2.45, 2.75) is 98.2 Å². The van der Waals surface area contributed by atoms with Crippen molar-refractivity contribution in [2.75, 3.05) is 65.9 Å². The van der Waals surface area contributed by atoms with E-state index in [1.165, 1.54) is 16.7 Å². The first-order valence-electron chi connectivity index (χ1n) is 15.3. The quantitative estimate of drug-likeness (QED) is 0.328. The second kappa shape index (κ2) is 16.2. The molecule has 1 aliphatic heterocycles. The van der Waals surface area contributed by atoms with Crippen LogP contribution in [0.3, 0.4) is 0 Å². The fraction of sp³-hybridized carbons (Fsp3) is 0.806. The van der Waals surface area contributed by atoms with Gasteiger partial charge in [0.2, 0.25) is 0 Å². The van der Waals surface area contributed by atoms with Gasteiger partial charge in [0.25, 0.3) is 0 Å². The molecule has 0 saturated carbocycles. The first-order valence-corrected chi connectivity index (χ1v) is 24.0. The Labute approximate surface area is 261 Å². The van der Waals surface area contributed by atoms with E-state index in [9.17, 15) is 0 Å². The van der Waals surface area contributed by atoms with Crippen LogP contribution in [-0.4, -0.2) is 106 Å². The van der Waals surface area contributed by atoms with Crippen molar-refractivity contribution in [1.82, 2.24) is 8.09 Å². The summed E-state index contributed by atoms with van der Waals surface area (Å²) in [6.07, 6.45) is 0. The van der Waals surface area contributed by atoms with Crippen LogP contribution in [-0.2, 0) is 36.3 Å². The molecular formula is C31H60GeN2O5Si2. The van der Waals surface area contributed by atoms with Crippen molar-refractivity contribution in [1.29, 1.82) is 0 Å². The van der Waals surface area contributed by atoms with Gasteiger partial charge in [-0.05, 0) is 0 Å².